The van der Waals surface area contributed by atoms with Crippen LogP contribution in [0.1, 0.15) is 37.0 Å². The van der Waals surface area contributed by atoms with Gasteiger partial charge in [0.05, 0.1) is 0 Å². The molecule has 0 spiro atoms. The third-order valence-corrected chi connectivity index (χ3v) is 5.14. The number of likely N-dealkylation sites (tertiary alicyclic amines) is 1. The van der Waals surface area contributed by atoms with Gasteiger partial charge in [-0.15, -0.1) is 34.2 Å². The van der Waals surface area contributed by atoms with Gasteiger partial charge in [-0.25, -0.2) is 4.99 Å². The van der Waals surface area contributed by atoms with Crippen molar-refractivity contribution >= 4 is 29.9 Å². The highest BCUT2D eigenvalue weighted by Crippen LogP contribution is 2.19. The first-order chi connectivity index (χ1) is 13.2. The second-order valence-corrected chi connectivity index (χ2v) is 7.05. The summed E-state index contributed by atoms with van der Waals surface area (Å²) in [5.41, 5.74) is 1.38. The van der Waals surface area contributed by atoms with E-state index in [1.807, 2.05) is 18.5 Å². The van der Waals surface area contributed by atoms with Crippen LogP contribution in [-0.4, -0.2) is 51.3 Å². The van der Waals surface area contributed by atoms with Crippen molar-refractivity contribution in [2.75, 3.05) is 19.6 Å². The number of guanidine groups is 1. The number of halogens is 1. The predicted octanol–water partition coefficient (Wildman–Crippen LogP) is 2.46. The number of rotatable bonds is 7. The van der Waals surface area contributed by atoms with E-state index in [4.69, 9.17) is 0 Å². The van der Waals surface area contributed by atoms with Crippen molar-refractivity contribution in [2.24, 2.45) is 12.0 Å². The normalized spacial score (nSPS) is 17.4. The van der Waals surface area contributed by atoms with E-state index < -0.39 is 0 Å². The zero-order chi connectivity index (χ0) is 19.1. The number of aliphatic imine (C=N–C) groups is 1. The summed E-state index contributed by atoms with van der Waals surface area (Å²) in [6, 6.07) is 11.2. The molecule has 2 heterocycles. The van der Waals surface area contributed by atoms with Crippen LogP contribution in [0.3, 0.4) is 0 Å². The van der Waals surface area contributed by atoms with Gasteiger partial charge in [0.2, 0.25) is 0 Å². The summed E-state index contributed by atoms with van der Waals surface area (Å²) in [4.78, 5) is 7.25. The number of nitrogens with one attached hydrogen (secondary N) is 2. The minimum Gasteiger partial charge on any atom is -0.357 e. The standard InChI is InChI=1S/C20H31N7.HI/c1-4-21-20(23-14-19-25-24-16(2)26(19)3)22-13-18-11-8-12-27(18)15-17-9-6-5-7-10-17;/h5-7,9-10,18H,4,8,11-15H2,1-3H3,(H2,21,22,23);1H. The third kappa shape index (κ3) is 6.16. The molecular formula is C20H32IN7. The van der Waals surface area contributed by atoms with E-state index in [0.717, 1.165) is 43.8 Å². The van der Waals surface area contributed by atoms with Crippen LogP contribution in [0.2, 0.25) is 0 Å². The highest BCUT2D eigenvalue weighted by molar-refractivity contribution is 14.0. The van der Waals surface area contributed by atoms with E-state index in [2.05, 4.69) is 68.0 Å². The maximum absolute atomic E-state index is 4.68. The molecule has 1 aliphatic heterocycles. The topological polar surface area (TPSA) is 70.4 Å². The molecular weight excluding hydrogens is 465 g/mol. The predicted molar refractivity (Wildman–Crippen MR) is 124 cm³/mol. The van der Waals surface area contributed by atoms with Gasteiger partial charge in [-0.1, -0.05) is 30.3 Å². The van der Waals surface area contributed by atoms with Gasteiger partial charge >= 0.3 is 0 Å². The van der Waals surface area contributed by atoms with Gasteiger partial charge in [-0.05, 0) is 38.8 Å². The smallest absolute Gasteiger partial charge is 0.191 e. The fourth-order valence-electron chi connectivity index (χ4n) is 3.45. The molecule has 2 N–H and O–H groups in total. The Balaban J connectivity index is 0.00000280. The average Bonchev–Trinajstić information content (AvgIpc) is 3.25. The molecule has 8 heteroatoms. The third-order valence-electron chi connectivity index (χ3n) is 5.14. The summed E-state index contributed by atoms with van der Waals surface area (Å²) < 4.78 is 1.98. The second kappa shape index (κ2) is 11.4. The van der Waals surface area contributed by atoms with Crippen LogP contribution in [0.4, 0.5) is 0 Å². The van der Waals surface area contributed by atoms with E-state index in [9.17, 15) is 0 Å². The first-order valence-electron chi connectivity index (χ1n) is 9.82. The van der Waals surface area contributed by atoms with Crippen molar-refractivity contribution in [1.29, 1.82) is 0 Å². The lowest BCUT2D eigenvalue weighted by atomic mass is 10.2. The maximum Gasteiger partial charge on any atom is 0.191 e. The number of nitrogens with zero attached hydrogens (tertiary/aromatic N) is 5. The van der Waals surface area contributed by atoms with Crippen LogP contribution in [0.25, 0.3) is 0 Å². The Labute approximate surface area is 185 Å². The molecule has 1 aliphatic rings. The summed E-state index contributed by atoms with van der Waals surface area (Å²) in [5, 5.41) is 15.1. The van der Waals surface area contributed by atoms with Crippen LogP contribution in [-0.2, 0) is 20.1 Å². The van der Waals surface area contributed by atoms with Gasteiger partial charge in [0.15, 0.2) is 11.8 Å². The Morgan fingerprint density at radius 2 is 2.00 bits per heavy atom. The maximum atomic E-state index is 4.68. The van der Waals surface area contributed by atoms with Crippen LogP contribution >= 0.6 is 24.0 Å². The Kier molecular flexibility index (Phi) is 9.17. The first kappa shape index (κ1) is 22.6. The second-order valence-electron chi connectivity index (χ2n) is 7.05. The zero-order valence-electron chi connectivity index (χ0n) is 17.1. The average molecular weight is 497 g/mol. The van der Waals surface area contributed by atoms with Gasteiger partial charge in [-0.2, -0.15) is 0 Å². The molecule has 3 rings (SSSR count). The first-order valence-corrected chi connectivity index (χ1v) is 9.82. The van der Waals surface area contributed by atoms with Gasteiger partial charge in [0.1, 0.15) is 12.4 Å². The number of benzene rings is 1. The molecule has 0 bridgehead atoms. The molecule has 1 fully saturated rings. The van der Waals surface area contributed by atoms with E-state index in [1.165, 1.54) is 18.4 Å². The molecule has 0 amide bonds. The SMILES string of the molecule is CCNC(=NCc1nnc(C)n1C)NCC1CCCN1Cc1ccccc1.I. The summed E-state index contributed by atoms with van der Waals surface area (Å²) in [5.74, 6) is 2.61. The van der Waals surface area contributed by atoms with E-state index in [1.54, 1.807) is 0 Å². The molecule has 1 aromatic carbocycles. The van der Waals surface area contributed by atoms with Gasteiger partial charge < -0.3 is 15.2 Å². The number of aromatic nitrogens is 3. The quantitative estimate of drug-likeness (QED) is 0.350. The van der Waals surface area contributed by atoms with Gasteiger partial charge in [-0.3, -0.25) is 4.90 Å². The minimum atomic E-state index is 0. The van der Waals surface area contributed by atoms with Gasteiger partial charge in [0, 0.05) is 32.7 Å². The largest absolute Gasteiger partial charge is 0.357 e. The lowest BCUT2D eigenvalue weighted by molar-refractivity contribution is 0.245. The van der Waals surface area contributed by atoms with Crippen molar-refractivity contribution < 1.29 is 0 Å². The molecule has 1 aromatic heterocycles. The van der Waals surface area contributed by atoms with Crippen molar-refractivity contribution in [3.05, 3.63) is 47.5 Å². The summed E-state index contributed by atoms with van der Waals surface area (Å²) in [7, 11) is 1.97. The highest BCUT2D eigenvalue weighted by Gasteiger charge is 2.24. The van der Waals surface area contributed by atoms with Gasteiger partial charge in [0.25, 0.3) is 0 Å². The van der Waals surface area contributed by atoms with Crippen molar-refractivity contribution in [3.63, 3.8) is 0 Å². The van der Waals surface area contributed by atoms with Crippen molar-refractivity contribution in [1.82, 2.24) is 30.3 Å². The molecule has 2 aromatic rings. The molecule has 0 radical (unpaired) electrons. The fourth-order valence-corrected chi connectivity index (χ4v) is 3.45. The van der Waals surface area contributed by atoms with Crippen LogP contribution < -0.4 is 10.6 Å². The summed E-state index contributed by atoms with van der Waals surface area (Å²) in [6.07, 6.45) is 2.48. The molecule has 0 aliphatic carbocycles. The van der Waals surface area contributed by atoms with E-state index in [0.29, 0.717) is 12.6 Å². The number of aryl methyl sites for hydroxylation is 1. The van der Waals surface area contributed by atoms with Crippen molar-refractivity contribution in [2.45, 2.75) is 45.8 Å². The monoisotopic (exact) mass is 497 g/mol. The molecule has 1 unspecified atom stereocenters. The lowest BCUT2D eigenvalue weighted by Gasteiger charge is -2.25. The van der Waals surface area contributed by atoms with Crippen molar-refractivity contribution in [3.8, 4) is 0 Å². The Hall–Kier alpha value is -1.68. The van der Waals surface area contributed by atoms with Crippen LogP contribution in [0, 0.1) is 6.92 Å². The molecule has 154 valence electrons. The van der Waals surface area contributed by atoms with E-state index >= 15 is 0 Å². The number of hydrogen-bond donors (Lipinski definition) is 2. The Morgan fingerprint density at radius 1 is 1.21 bits per heavy atom. The molecule has 1 saturated heterocycles. The van der Waals surface area contributed by atoms with Crippen LogP contribution in [0.5, 0.6) is 0 Å². The lowest BCUT2D eigenvalue weighted by Crippen LogP contribution is -2.44. The molecule has 28 heavy (non-hydrogen) atoms. The van der Waals surface area contributed by atoms with E-state index in [-0.39, 0.29) is 24.0 Å². The minimum absolute atomic E-state index is 0. The number of hydrogen-bond acceptors (Lipinski definition) is 4. The zero-order valence-corrected chi connectivity index (χ0v) is 19.4. The summed E-state index contributed by atoms with van der Waals surface area (Å²) >= 11 is 0. The Bertz CT molecular complexity index is 744. The molecule has 1 atom stereocenters. The fraction of sp³-hybridized carbons (Fsp3) is 0.550. The highest BCUT2D eigenvalue weighted by atomic mass is 127. The van der Waals surface area contributed by atoms with Crippen LogP contribution in [0.15, 0.2) is 35.3 Å². The molecule has 7 nitrogen and oxygen atoms in total. The molecule has 0 saturated carbocycles. The Morgan fingerprint density at radius 3 is 2.68 bits per heavy atom. The summed E-state index contributed by atoms with van der Waals surface area (Å²) in [6.45, 7) is 8.46.